The fraction of sp³-hybridized carbons (Fsp3) is 1.00. The van der Waals surface area contributed by atoms with Crippen molar-refractivity contribution in [1.82, 2.24) is 5.32 Å². The maximum atomic E-state index is 11.4. The summed E-state index contributed by atoms with van der Waals surface area (Å²) in [6.45, 7) is -1.56. The van der Waals surface area contributed by atoms with Crippen LogP contribution in [0.1, 0.15) is 12.8 Å². The van der Waals surface area contributed by atoms with Crippen LogP contribution in [0, 0.1) is 0 Å². The maximum absolute atomic E-state index is 11.4. The van der Waals surface area contributed by atoms with Crippen LogP contribution < -0.4 is 5.32 Å². The van der Waals surface area contributed by atoms with Crippen LogP contribution in [0.2, 0.25) is 0 Å². The molecular weight excluding hydrogens is 140 g/mol. The molecular formula is C6H11F2NO. The van der Waals surface area contributed by atoms with E-state index in [4.69, 9.17) is 0 Å². The maximum Gasteiger partial charge on any atom is 0.345 e. The normalized spacial score (nSPS) is 26.1. The van der Waals surface area contributed by atoms with Crippen LogP contribution in [0.4, 0.5) is 8.78 Å². The summed E-state index contributed by atoms with van der Waals surface area (Å²) in [7, 11) is 0. The molecule has 4 heteroatoms. The summed E-state index contributed by atoms with van der Waals surface area (Å²) in [5, 5.41) is 3.05. The van der Waals surface area contributed by atoms with Gasteiger partial charge in [0, 0.05) is 6.04 Å². The Labute approximate surface area is 58.6 Å². The van der Waals surface area contributed by atoms with E-state index in [9.17, 15) is 8.78 Å². The summed E-state index contributed by atoms with van der Waals surface area (Å²) in [5.41, 5.74) is 0. The van der Waals surface area contributed by atoms with Gasteiger partial charge in [-0.1, -0.05) is 0 Å². The summed E-state index contributed by atoms with van der Waals surface area (Å²) in [5.74, 6) is 0. The highest BCUT2D eigenvalue weighted by atomic mass is 19.3. The third kappa shape index (κ3) is 2.58. The minimum Gasteiger partial charge on any atom is -0.321 e. The lowest BCUT2D eigenvalue weighted by Gasteiger charge is -2.08. The predicted molar refractivity (Wildman–Crippen MR) is 33.0 cm³/mol. The van der Waals surface area contributed by atoms with Crippen LogP contribution >= 0.6 is 0 Å². The Morgan fingerprint density at radius 1 is 1.60 bits per heavy atom. The van der Waals surface area contributed by atoms with E-state index < -0.39 is 6.61 Å². The van der Waals surface area contributed by atoms with Gasteiger partial charge in [-0.25, -0.2) is 0 Å². The van der Waals surface area contributed by atoms with Gasteiger partial charge in [0.25, 0.3) is 0 Å². The molecule has 1 heterocycles. The molecule has 0 radical (unpaired) electrons. The Morgan fingerprint density at radius 3 is 2.90 bits per heavy atom. The Hall–Kier alpha value is -0.220. The quantitative estimate of drug-likeness (QED) is 0.649. The van der Waals surface area contributed by atoms with Crippen LogP contribution in [0.15, 0.2) is 0 Å². The number of hydrogen-bond acceptors (Lipinski definition) is 2. The average Bonchev–Trinajstić information content (AvgIpc) is 2.34. The highest BCUT2D eigenvalue weighted by molar-refractivity contribution is 4.72. The third-order valence-corrected chi connectivity index (χ3v) is 1.59. The van der Waals surface area contributed by atoms with E-state index in [2.05, 4.69) is 10.1 Å². The molecule has 1 N–H and O–H groups in total. The number of ether oxygens (including phenoxy) is 1. The molecule has 10 heavy (non-hydrogen) atoms. The van der Waals surface area contributed by atoms with Crippen LogP contribution in [-0.4, -0.2) is 25.8 Å². The molecule has 1 rings (SSSR count). The van der Waals surface area contributed by atoms with Crippen LogP contribution in [0.25, 0.3) is 0 Å². The average molecular weight is 151 g/mol. The minimum atomic E-state index is -2.62. The molecule has 0 amide bonds. The van der Waals surface area contributed by atoms with Crippen molar-refractivity contribution in [2.75, 3.05) is 13.2 Å². The highest BCUT2D eigenvalue weighted by Gasteiger charge is 2.15. The van der Waals surface area contributed by atoms with Gasteiger partial charge in [0.2, 0.25) is 0 Å². The Kier molecular flexibility index (Phi) is 3.02. The number of rotatable bonds is 3. The first kappa shape index (κ1) is 7.88. The van der Waals surface area contributed by atoms with Crippen molar-refractivity contribution < 1.29 is 13.5 Å². The number of hydrogen-bond donors (Lipinski definition) is 1. The van der Waals surface area contributed by atoms with Crippen molar-refractivity contribution >= 4 is 0 Å². The molecule has 0 aromatic rings. The first-order valence-corrected chi connectivity index (χ1v) is 3.42. The first-order chi connectivity index (χ1) is 4.79. The van der Waals surface area contributed by atoms with Gasteiger partial charge in [-0.15, -0.1) is 0 Å². The predicted octanol–water partition coefficient (Wildman–Crippen LogP) is 0.978. The molecule has 2 nitrogen and oxygen atoms in total. The summed E-state index contributed by atoms with van der Waals surface area (Å²) in [4.78, 5) is 0. The third-order valence-electron chi connectivity index (χ3n) is 1.59. The first-order valence-electron chi connectivity index (χ1n) is 3.42. The second-order valence-corrected chi connectivity index (χ2v) is 2.39. The SMILES string of the molecule is FC(F)OCC1CCCN1. The Balaban J connectivity index is 2.01. The zero-order valence-corrected chi connectivity index (χ0v) is 5.65. The fourth-order valence-corrected chi connectivity index (χ4v) is 1.09. The number of alkyl halides is 2. The van der Waals surface area contributed by atoms with Gasteiger partial charge < -0.3 is 10.1 Å². The second-order valence-electron chi connectivity index (χ2n) is 2.39. The van der Waals surface area contributed by atoms with Gasteiger partial charge in [-0.2, -0.15) is 8.78 Å². The smallest absolute Gasteiger partial charge is 0.321 e. The van der Waals surface area contributed by atoms with Crippen molar-refractivity contribution in [1.29, 1.82) is 0 Å². The molecule has 0 aromatic heterocycles. The molecule has 0 spiro atoms. The molecule has 1 aliphatic heterocycles. The molecule has 1 fully saturated rings. The van der Waals surface area contributed by atoms with Crippen LogP contribution in [0.3, 0.4) is 0 Å². The molecule has 1 atom stereocenters. The number of halogens is 2. The van der Waals surface area contributed by atoms with Crippen LogP contribution in [0.5, 0.6) is 0 Å². The second kappa shape index (κ2) is 3.83. The standard InChI is InChI=1S/C6H11F2NO/c7-6(8)10-4-5-2-1-3-9-5/h5-6,9H,1-4H2. The van der Waals surface area contributed by atoms with Gasteiger partial charge in [0.15, 0.2) is 0 Å². The van der Waals surface area contributed by atoms with Crippen molar-refractivity contribution in [3.05, 3.63) is 0 Å². The Bertz CT molecular complexity index is 93.7. The van der Waals surface area contributed by atoms with Gasteiger partial charge in [-0.05, 0) is 19.4 Å². The van der Waals surface area contributed by atoms with Crippen molar-refractivity contribution in [2.45, 2.75) is 25.5 Å². The minimum absolute atomic E-state index is 0.137. The lowest BCUT2D eigenvalue weighted by atomic mass is 10.2. The molecule has 0 bridgehead atoms. The van der Waals surface area contributed by atoms with E-state index in [1.807, 2.05) is 0 Å². The lowest BCUT2D eigenvalue weighted by Crippen LogP contribution is -2.27. The molecule has 0 aliphatic carbocycles. The fourth-order valence-electron chi connectivity index (χ4n) is 1.09. The van der Waals surface area contributed by atoms with Gasteiger partial charge >= 0.3 is 6.61 Å². The van der Waals surface area contributed by atoms with E-state index in [-0.39, 0.29) is 12.6 Å². The van der Waals surface area contributed by atoms with Gasteiger partial charge in [0.05, 0.1) is 6.61 Å². The van der Waals surface area contributed by atoms with Crippen LogP contribution in [-0.2, 0) is 4.74 Å². The lowest BCUT2D eigenvalue weighted by molar-refractivity contribution is -0.132. The molecule has 1 aliphatic rings. The summed E-state index contributed by atoms with van der Waals surface area (Å²) < 4.78 is 27.0. The summed E-state index contributed by atoms with van der Waals surface area (Å²) >= 11 is 0. The number of nitrogens with one attached hydrogen (secondary N) is 1. The van der Waals surface area contributed by atoms with Gasteiger partial charge in [0.1, 0.15) is 0 Å². The molecule has 60 valence electrons. The Morgan fingerprint density at radius 2 is 2.40 bits per heavy atom. The highest BCUT2D eigenvalue weighted by Crippen LogP contribution is 2.06. The summed E-state index contributed by atoms with van der Waals surface area (Å²) in [6.07, 6.45) is 2.02. The van der Waals surface area contributed by atoms with Crippen molar-refractivity contribution in [3.8, 4) is 0 Å². The summed E-state index contributed by atoms with van der Waals surface area (Å²) in [6, 6.07) is 0.147. The van der Waals surface area contributed by atoms with E-state index in [0.717, 1.165) is 19.4 Å². The molecule has 0 saturated carbocycles. The zero-order chi connectivity index (χ0) is 7.40. The van der Waals surface area contributed by atoms with E-state index in [0.29, 0.717) is 0 Å². The topological polar surface area (TPSA) is 21.3 Å². The van der Waals surface area contributed by atoms with Gasteiger partial charge in [-0.3, -0.25) is 0 Å². The van der Waals surface area contributed by atoms with E-state index in [1.54, 1.807) is 0 Å². The molecule has 1 saturated heterocycles. The zero-order valence-electron chi connectivity index (χ0n) is 5.65. The largest absolute Gasteiger partial charge is 0.345 e. The molecule has 1 unspecified atom stereocenters. The monoisotopic (exact) mass is 151 g/mol. The van der Waals surface area contributed by atoms with E-state index in [1.165, 1.54) is 0 Å². The molecule has 0 aromatic carbocycles. The van der Waals surface area contributed by atoms with Crippen molar-refractivity contribution in [3.63, 3.8) is 0 Å². The van der Waals surface area contributed by atoms with Crippen molar-refractivity contribution in [2.24, 2.45) is 0 Å². The van der Waals surface area contributed by atoms with E-state index >= 15 is 0 Å².